The minimum Gasteiger partial charge on any atom is -0.443 e. The van der Waals surface area contributed by atoms with Crippen LogP contribution in [0.4, 0.5) is 4.79 Å². The summed E-state index contributed by atoms with van der Waals surface area (Å²) in [5.74, 6) is 0. The van der Waals surface area contributed by atoms with E-state index in [1.165, 1.54) is 0 Å². The van der Waals surface area contributed by atoms with Gasteiger partial charge in [-0.1, -0.05) is 13.8 Å². The van der Waals surface area contributed by atoms with E-state index in [4.69, 9.17) is 14.7 Å². The Bertz CT molecular complexity index is 269. The third-order valence-corrected chi connectivity index (χ3v) is 3.14. The van der Waals surface area contributed by atoms with E-state index in [2.05, 4.69) is 9.84 Å². The maximum absolute atomic E-state index is 11.5. The van der Waals surface area contributed by atoms with Crippen LogP contribution in [-0.2, 0) is 13.8 Å². The fourth-order valence-electron chi connectivity index (χ4n) is 1.51. The number of ether oxygens (including phenoxy) is 1. The summed E-state index contributed by atoms with van der Waals surface area (Å²) in [6.45, 7) is 3.73. The van der Waals surface area contributed by atoms with Crippen LogP contribution < -0.4 is 5.32 Å². The summed E-state index contributed by atoms with van der Waals surface area (Å²) in [5, 5.41) is 11.4. The fraction of sp³-hybridized carbons (Fsp3) is 0.900. The first kappa shape index (κ1) is 17.2. The second-order valence-corrected chi connectivity index (χ2v) is 4.48. The van der Waals surface area contributed by atoms with Crippen molar-refractivity contribution >= 4 is 14.3 Å². The average Bonchev–Trinajstić information content (AvgIpc) is 2.34. The molecule has 0 spiro atoms. The minimum atomic E-state index is -2.65. The van der Waals surface area contributed by atoms with E-state index in [1.54, 1.807) is 0 Å². The lowest BCUT2D eigenvalue weighted by Crippen LogP contribution is -2.40. The lowest BCUT2D eigenvalue weighted by Gasteiger charge is -2.30. The van der Waals surface area contributed by atoms with Crippen molar-refractivity contribution in [3.05, 3.63) is 0 Å². The van der Waals surface area contributed by atoms with Gasteiger partial charge < -0.3 is 15.2 Å². The number of aliphatic hydroxyl groups excluding tert-OH is 1. The number of nitrogens with one attached hydrogen (secondary N) is 1. The van der Waals surface area contributed by atoms with Crippen LogP contribution in [0.25, 0.3) is 0 Å². The zero-order valence-electron chi connectivity index (χ0n) is 10.7. The Balaban J connectivity index is 4.06. The number of carbonyl (C=O) groups is 1. The van der Waals surface area contributed by atoms with Gasteiger partial charge in [0.15, 0.2) is 0 Å². The third kappa shape index (κ3) is 6.86. The smallest absolute Gasteiger partial charge is 0.443 e. The molecule has 3 N–H and O–H groups in total. The monoisotopic (exact) mass is 282 g/mol. The summed E-state index contributed by atoms with van der Waals surface area (Å²) in [5.41, 5.74) is -0.665. The third-order valence-electron chi connectivity index (χ3n) is 2.74. The van der Waals surface area contributed by atoms with Crippen molar-refractivity contribution in [2.75, 3.05) is 19.8 Å². The van der Waals surface area contributed by atoms with Gasteiger partial charge in [0, 0.05) is 24.1 Å². The van der Waals surface area contributed by atoms with E-state index >= 15 is 0 Å². The Morgan fingerprint density at radius 3 is 2.44 bits per heavy atom. The molecule has 0 aromatic carbocycles. The van der Waals surface area contributed by atoms with E-state index in [9.17, 15) is 9.36 Å². The zero-order chi connectivity index (χ0) is 14.0. The van der Waals surface area contributed by atoms with Gasteiger partial charge in [-0.15, -0.1) is 9.42 Å². The average molecular weight is 282 g/mol. The second-order valence-electron chi connectivity index (χ2n) is 3.75. The van der Waals surface area contributed by atoms with Gasteiger partial charge >= 0.3 is 14.3 Å². The topological polar surface area (TPSA) is 105 Å². The number of hydrogen-bond donors (Lipinski definition) is 3. The molecule has 18 heavy (non-hydrogen) atoms. The molecule has 0 aliphatic heterocycles. The van der Waals surface area contributed by atoms with Crippen molar-refractivity contribution in [2.24, 2.45) is 0 Å². The summed E-state index contributed by atoms with van der Waals surface area (Å²) in [6.07, 6.45) is 0.975. The molecule has 0 heterocycles. The van der Waals surface area contributed by atoms with E-state index < -0.39 is 19.9 Å². The van der Waals surface area contributed by atoms with Crippen LogP contribution in [0.1, 0.15) is 33.1 Å². The molecule has 0 saturated heterocycles. The molecule has 0 aromatic heterocycles. The van der Waals surface area contributed by atoms with Crippen molar-refractivity contribution in [3.63, 3.8) is 0 Å². The zero-order valence-corrected chi connectivity index (χ0v) is 11.6. The highest BCUT2D eigenvalue weighted by molar-refractivity contribution is 7.32. The molecular formula is C10H21NO6P+. The summed E-state index contributed by atoms with van der Waals surface area (Å²) in [7, 11) is -2.65. The highest BCUT2D eigenvalue weighted by Gasteiger charge is 2.30. The number of rotatable bonds is 9. The highest BCUT2D eigenvalue weighted by Crippen LogP contribution is 2.24. The normalized spacial score (nSPS) is 12.1. The van der Waals surface area contributed by atoms with Crippen molar-refractivity contribution in [1.82, 2.24) is 5.32 Å². The summed E-state index contributed by atoms with van der Waals surface area (Å²) in [6, 6.07) is 0. The minimum absolute atomic E-state index is 0.0525. The number of carbonyl (C=O) groups excluding carboxylic acids is 1. The summed E-state index contributed by atoms with van der Waals surface area (Å²) < 4.78 is 19.9. The van der Waals surface area contributed by atoms with Gasteiger partial charge in [-0.05, 0) is 12.8 Å². The molecule has 0 aliphatic carbocycles. The van der Waals surface area contributed by atoms with E-state index in [1.807, 2.05) is 13.8 Å². The van der Waals surface area contributed by atoms with Gasteiger partial charge in [0.25, 0.3) is 0 Å². The van der Waals surface area contributed by atoms with Crippen LogP contribution in [0.5, 0.6) is 0 Å². The molecule has 0 aliphatic rings. The van der Waals surface area contributed by atoms with Gasteiger partial charge in [0.05, 0.1) is 0 Å². The van der Waals surface area contributed by atoms with Crippen LogP contribution in [0.2, 0.25) is 0 Å². The molecule has 0 radical (unpaired) electrons. The quantitative estimate of drug-likeness (QED) is 0.435. The molecule has 0 bridgehead atoms. The number of alkyl carbamates (subject to hydrolysis) is 1. The second kappa shape index (κ2) is 9.22. The lowest BCUT2D eigenvalue weighted by atomic mass is 9.93. The summed E-state index contributed by atoms with van der Waals surface area (Å²) in [4.78, 5) is 19.9. The Kier molecular flexibility index (Phi) is 8.83. The Hall–Kier alpha value is -0.750. The van der Waals surface area contributed by atoms with E-state index in [-0.39, 0.29) is 19.8 Å². The molecular weight excluding hydrogens is 261 g/mol. The van der Waals surface area contributed by atoms with Crippen molar-refractivity contribution in [2.45, 2.75) is 38.7 Å². The molecule has 106 valence electrons. The van der Waals surface area contributed by atoms with Gasteiger partial charge in [0.1, 0.15) is 12.2 Å². The molecule has 0 saturated carbocycles. The number of hydrogen-bond acceptors (Lipinski definition) is 5. The Morgan fingerprint density at radius 2 is 2.00 bits per heavy atom. The molecule has 1 atom stereocenters. The number of aliphatic hydroxyl groups is 1. The summed E-state index contributed by atoms with van der Waals surface area (Å²) >= 11 is 0. The lowest BCUT2D eigenvalue weighted by molar-refractivity contribution is -0.0127. The van der Waals surface area contributed by atoms with Crippen LogP contribution in [0, 0.1) is 0 Å². The van der Waals surface area contributed by atoms with Crippen LogP contribution in [-0.4, -0.2) is 41.5 Å². The largest absolute Gasteiger partial charge is 0.694 e. The number of amides is 1. The Labute approximate surface area is 107 Å². The highest BCUT2D eigenvalue weighted by atomic mass is 31.1. The van der Waals surface area contributed by atoms with E-state index in [0.29, 0.717) is 19.3 Å². The first-order chi connectivity index (χ1) is 8.49. The fourth-order valence-corrected chi connectivity index (χ4v) is 1.76. The predicted octanol–water partition coefficient (Wildman–Crippen LogP) is 1.32. The molecule has 8 heteroatoms. The van der Waals surface area contributed by atoms with Crippen LogP contribution in [0.15, 0.2) is 0 Å². The van der Waals surface area contributed by atoms with Gasteiger partial charge in [-0.3, -0.25) is 0 Å². The molecule has 0 rings (SSSR count). The van der Waals surface area contributed by atoms with Crippen molar-refractivity contribution in [1.29, 1.82) is 0 Å². The van der Waals surface area contributed by atoms with Crippen LogP contribution >= 0.6 is 8.25 Å². The molecule has 1 amide bonds. The van der Waals surface area contributed by atoms with Crippen LogP contribution in [0.3, 0.4) is 0 Å². The first-order valence-corrected chi connectivity index (χ1v) is 6.99. The maximum atomic E-state index is 11.5. The van der Waals surface area contributed by atoms with Gasteiger partial charge in [-0.2, -0.15) is 0 Å². The molecule has 7 nitrogen and oxygen atoms in total. The SMILES string of the molecule is CCC(CC)(CCO)OC(=O)NCCO[P+](=O)O. The van der Waals surface area contributed by atoms with Gasteiger partial charge in [0.2, 0.25) is 0 Å². The first-order valence-electron chi connectivity index (χ1n) is 5.86. The molecule has 0 fully saturated rings. The van der Waals surface area contributed by atoms with Crippen molar-refractivity contribution < 1.29 is 28.6 Å². The standard InChI is InChI=1S/C10H20NO6P/c1-3-10(4-2,5-7-12)17-9(13)11-6-8-16-18(14)15/h12H,3-8H2,1-2H3,(H-,11,13,14,15)/p+1. The van der Waals surface area contributed by atoms with Gasteiger partial charge in [-0.25, -0.2) is 4.79 Å². The molecule has 1 unspecified atom stereocenters. The van der Waals surface area contributed by atoms with Crippen molar-refractivity contribution in [3.8, 4) is 0 Å². The van der Waals surface area contributed by atoms with E-state index in [0.717, 1.165) is 0 Å². The molecule has 0 aromatic rings. The Morgan fingerprint density at radius 1 is 1.39 bits per heavy atom. The maximum Gasteiger partial charge on any atom is 0.694 e. The predicted molar refractivity (Wildman–Crippen MR) is 65.3 cm³/mol.